The Morgan fingerprint density at radius 3 is 2.69 bits per heavy atom. The molecule has 0 saturated carbocycles. The van der Waals surface area contributed by atoms with Crippen molar-refractivity contribution >= 4 is 34.7 Å². The lowest BCUT2D eigenvalue weighted by molar-refractivity contribution is 0.0696. The normalized spacial score (nSPS) is 15.8. The molecule has 164 valence electrons. The number of anilines is 1. The average molecular weight is 458 g/mol. The number of rotatable bonds is 3. The summed E-state index contributed by atoms with van der Waals surface area (Å²) >= 11 is 6.46. The molecule has 0 aliphatic carbocycles. The van der Waals surface area contributed by atoms with Crippen molar-refractivity contribution in [3.8, 4) is 11.3 Å². The number of benzene rings is 2. The largest absolute Gasteiger partial charge is 0.381 e. The van der Waals surface area contributed by atoms with E-state index in [4.69, 9.17) is 16.3 Å². The number of nitrogens with zero attached hydrogens (tertiary/aromatic N) is 2. The van der Waals surface area contributed by atoms with Crippen LogP contribution in [0.3, 0.4) is 0 Å². The quantitative estimate of drug-likeness (QED) is 0.543. The number of fused-ring (bicyclic) bond motifs is 3. The van der Waals surface area contributed by atoms with Crippen molar-refractivity contribution in [1.29, 1.82) is 0 Å². The molecule has 10 heteroatoms. The van der Waals surface area contributed by atoms with Gasteiger partial charge in [0.05, 0.1) is 21.8 Å². The van der Waals surface area contributed by atoms with Gasteiger partial charge >= 0.3 is 0 Å². The highest BCUT2D eigenvalue weighted by atomic mass is 35.5. The van der Waals surface area contributed by atoms with Crippen LogP contribution in [-0.2, 0) is 4.74 Å². The van der Waals surface area contributed by atoms with Crippen molar-refractivity contribution in [2.45, 2.75) is 18.9 Å². The number of carbonyl (C=O) groups is 1. The van der Waals surface area contributed by atoms with E-state index in [0.29, 0.717) is 48.7 Å². The van der Waals surface area contributed by atoms with Gasteiger partial charge in [0, 0.05) is 31.0 Å². The first-order chi connectivity index (χ1) is 15.5. The number of aromatic nitrogens is 2. The van der Waals surface area contributed by atoms with Gasteiger partial charge < -0.3 is 15.4 Å². The Hall–Kier alpha value is -3.30. The van der Waals surface area contributed by atoms with Crippen LogP contribution in [0, 0.1) is 11.6 Å². The summed E-state index contributed by atoms with van der Waals surface area (Å²) in [4.78, 5) is 17.3. The average Bonchev–Trinajstić information content (AvgIpc) is 3.17. The minimum atomic E-state index is -0.767. The monoisotopic (exact) mass is 457 g/mol. The summed E-state index contributed by atoms with van der Waals surface area (Å²) < 4.78 is 34.3. The molecule has 2 aliphatic heterocycles. The van der Waals surface area contributed by atoms with Crippen LogP contribution in [-0.4, -0.2) is 41.2 Å². The van der Waals surface area contributed by atoms with Crippen LogP contribution in [0.2, 0.25) is 5.02 Å². The number of hydrogen-bond donors (Lipinski definition) is 3. The van der Waals surface area contributed by atoms with Gasteiger partial charge in [0.1, 0.15) is 28.9 Å². The third kappa shape index (κ3) is 3.74. The van der Waals surface area contributed by atoms with Gasteiger partial charge in [-0.15, -0.1) is 0 Å². The van der Waals surface area contributed by atoms with E-state index in [0.717, 1.165) is 12.1 Å². The molecule has 3 N–H and O–H groups in total. The Labute approximate surface area is 186 Å². The molecule has 3 heterocycles. The number of amides is 1. The molecule has 1 fully saturated rings. The Balaban J connectivity index is 1.57. The summed E-state index contributed by atoms with van der Waals surface area (Å²) in [6.07, 6.45) is 2.95. The summed E-state index contributed by atoms with van der Waals surface area (Å²) in [5, 5.41) is 13.1. The minimum absolute atomic E-state index is 0.0123. The van der Waals surface area contributed by atoms with Crippen molar-refractivity contribution in [3.63, 3.8) is 0 Å². The fourth-order valence-electron chi connectivity index (χ4n) is 3.84. The maximum Gasteiger partial charge on any atom is 0.253 e. The van der Waals surface area contributed by atoms with E-state index in [-0.39, 0.29) is 33.9 Å². The predicted molar refractivity (Wildman–Crippen MR) is 117 cm³/mol. The van der Waals surface area contributed by atoms with Crippen molar-refractivity contribution in [1.82, 2.24) is 15.5 Å². The van der Waals surface area contributed by atoms with Crippen LogP contribution in [0.15, 0.2) is 41.5 Å². The van der Waals surface area contributed by atoms with Crippen molar-refractivity contribution in [2.75, 3.05) is 18.5 Å². The molecule has 1 aromatic heterocycles. The molecule has 3 aromatic rings. The maximum absolute atomic E-state index is 14.5. The second kappa shape index (κ2) is 8.33. The van der Waals surface area contributed by atoms with Crippen molar-refractivity contribution < 1.29 is 18.3 Å². The van der Waals surface area contributed by atoms with E-state index in [1.54, 1.807) is 12.1 Å². The first-order valence-corrected chi connectivity index (χ1v) is 10.5. The van der Waals surface area contributed by atoms with Crippen LogP contribution in [0.5, 0.6) is 0 Å². The summed E-state index contributed by atoms with van der Waals surface area (Å²) in [5.41, 5.74) is 1.69. The third-order valence-corrected chi connectivity index (χ3v) is 5.78. The van der Waals surface area contributed by atoms with Gasteiger partial charge in [-0.1, -0.05) is 17.7 Å². The Morgan fingerprint density at radius 1 is 1.19 bits per heavy atom. The number of hydrogen-bond acceptors (Lipinski definition) is 5. The number of nitrogens with one attached hydrogen (secondary N) is 3. The van der Waals surface area contributed by atoms with E-state index in [2.05, 4.69) is 25.8 Å². The van der Waals surface area contributed by atoms with Gasteiger partial charge in [-0.3, -0.25) is 9.89 Å². The smallest absolute Gasteiger partial charge is 0.253 e. The first kappa shape index (κ1) is 20.6. The molecular formula is C22H18ClF2N5O2. The lowest BCUT2D eigenvalue weighted by Crippen LogP contribution is -2.39. The highest BCUT2D eigenvalue weighted by molar-refractivity contribution is 6.34. The van der Waals surface area contributed by atoms with Gasteiger partial charge in [0.15, 0.2) is 0 Å². The van der Waals surface area contributed by atoms with Crippen LogP contribution in [0.1, 0.15) is 28.8 Å². The second-order valence-corrected chi connectivity index (χ2v) is 7.95. The lowest BCUT2D eigenvalue weighted by atomic mass is 10.0. The molecule has 5 rings (SSSR count). The van der Waals surface area contributed by atoms with Gasteiger partial charge in [-0.25, -0.2) is 13.8 Å². The highest BCUT2D eigenvalue weighted by Crippen LogP contribution is 2.40. The standard InChI is InChI=1S/C22H18ClF2N5O2/c23-14-8-13-17(9-12(14)22(31)27-11-4-6-32-7-5-11)28-21(29-18-10-26-30-20(13)18)19-15(24)2-1-3-16(19)25/h1-3,8-11H,4-7H2,(H,26,30)(H,27,31)(H,28,29). The Kier molecular flexibility index (Phi) is 5.36. The van der Waals surface area contributed by atoms with Gasteiger partial charge in [0.25, 0.3) is 5.91 Å². The zero-order valence-corrected chi connectivity index (χ0v) is 17.5. The zero-order chi connectivity index (χ0) is 22.2. The van der Waals surface area contributed by atoms with E-state index in [1.807, 2.05) is 0 Å². The lowest BCUT2D eigenvalue weighted by Gasteiger charge is -2.23. The van der Waals surface area contributed by atoms with Crippen molar-refractivity contribution in [3.05, 3.63) is 64.3 Å². The number of carbonyl (C=O) groups excluding carboxylic acids is 1. The van der Waals surface area contributed by atoms with E-state index in [1.165, 1.54) is 12.3 Å². The number of ether oxygens (including phenoxy) is 1. The van der Waals surface area contributed by atoms with E-state index in [9.17, 15) is 13.6 Å². The second-order valence-electron chi connectivity index (χ2n) is 7.54. The highest BCUT2D eigenvalue weighted by Gasteiger charge is 2.26. The molecule has 0 bridgehead atoms. The summed E-state index contributed by atoms with van der Waals surface area (Å²) in [6, 6.07) is 6.71. The number of H-pyrrole nitrogens is 1. The molecule has 2 aliphatic rings. The molecule has 1 saturated heterocycles. The van der Waals surface area contributed by atoms with Crippen LogP contribution < -0.4 is 10.6 Å². The van der Waals surface area contributed by atoms with Crippen LogP contribution in [0.25, 0.3) is 11.3 Å². The van der Waals surface area contributed by atoms with E-state index >= 15 is 0 Å². The molecule has 0 spiro atoms. The number of amidine groups is 1. The summed E-state index contributed by atoms with van der Waals surface area (Å²) in [5.74, 6) is -1.92. The van der Waals surface area contributed by atoms with Gasteiger partial charge in [-0.2, -0.15) is 5.10 Å². The fraction of sp³-hybridized carbons (Fsp3) is 0.227. The molecule has 7 nitrogen and oxygen atoms in total. The number of aliphatic imine (C=N–C) groups is 1. The Morgan fingerprint density at radius 2 is 1.94 bits per heavy atom. The first-order valence-electron chi connectivity index (χ1n) is 10.1. The van der Waals surface area contributed by atoms with Gasteiger partial charge in [-0.05, 0) is 37.1 Å². The molecule has 0 radical (unpaired) electrons. The number of aromatic amines is 1. The summed E-state index contributed by atoms with van der Waals surface area (Å²) in [6.45, 7) is 1.17. The third-order valence-electron chi connectivity index (χ3n) is 5.47. The maximum atomic E-state index is 14.5. The van der Waals surface area contributed by atoms with Crippen molar-refractivity contribution in [2.24, 2.45) is 4.99 Å². The molecule has 0 atom stereocenters. The van der Waals surface area contributed by atoms with Crippen LogP contribution in [0.4, 0.5) is 20.2 Å². The zero-order valence-electron chi connectivity index (χ0n) is 16.7. The molecule has 2 aromatic carbocycles. The fourth-order valence-corrected chi connectivity index (χ4v) is 4.09. The Bertz CT molecular complexity index is 1220. The SMILES string of the molecule is O=C(NC1CCOCC1)c1cc2c(cc1Cl)-c1n[nH]cc1N=C(c1c(F)cccc1F)N2. The predicted octanol–water partition coefficient (Wildman–Crippen LogP) is 4.42. The van der Waals surface area contributed by atoms with Gasteiger partial charge in [0.2, 0.25) is 0 Å². The molecule has 32 heavy (non-hydrogen) atoms. The molecular weight excluding hydrogens is 440 g/mol. The molecule has 0 unspecified atom stereocenters. The topological polar surface area (TPSA) is 91.4 Å². The number of halogens is 3. The molecule has 1 amide bonds. The van der Waals surface area contributed by atoms with Crippen LogP contribution >= 0.6 is 11.6 Å². The minimum Gasteiger partial charge on any atom is -0.381 e. The van der Waals surface area contributed by atoms with E-state index < -0.39 is 11.6 Å². The summed E-state index contributed by atoms with van der Waals surface area (Å²) in [7, 11) is 0.